The van der Waals surface area contributed by atoms with Gasteiger partial charge in [-0.2, -0.15) is 11.3 Å². The van der Waals surface area contributed by atoms with E-state index in [1.54, 1.807) is 11.3 Å². The molecule has 0 bridgehead atoms. The Hall–Kier alpha value is -1.16. The maximum absolute atomic E-state index is 3.68. The second-order valence-electron chi connectivity index (χ2n) is 5.45. The van der Waals surface area contributed by atoms with Crippen LogP contribution in [0.5, 0.6) is 0 Å². The normalized spacial score (nSPS) is 20.7. The van der Waals surface area contributed by atoms with Crippen molar-refractivity contribution in [2.24, 2.45) is 0 Å². The summed E-state index contributed by atoms with van der Waals surface area (Å²) in [6.45, 7) is 4.62. The summed E-state index contributed by atoms with van der Waals surface area (Å²) in [4.78, 5) is 2.61. The molecule has 3 heteroatoms. The molecule has 0 radical (unpaired) electrons. The van der Waals surface area contributed by atoms with Crippen LogP contribution in [0.25, 0.3) is 0 Å². The third-order valence-corrected chi connectivity index (χ3v) is 4.71. The molecule has 20 heavy (non-hydrogen) atoms. The van der Waals surface area contributed by atoms with E-state index in [9.17, 15) is 0 Å². The first-order chi connectivity index (χ1) is 9.92. The molecule has 1 fully saturated rings. The van der Waals surface area contributed by atoms with E-state index in [1.807, 2.05) is 0 Å². The predicted octanol–water partition coefficient (Wildman–Crippen LogP) is 3.33. The fourth-order valence-electron chi connectivity index (χ4n) is 2.83. The van der Waals surface area contributed by atoms with Gasteiger partial charge in [0.2, 0.25) is 0 Å². The highest BCUT2D eigenvalue weighted by molar-refractivity contribution is 7.07. The zero-order chi connectivity index (χ0) is 13.6. The molecule has 0 saturated carbocycles. The van der Waals surface area contributed by atoms with Crippen LogP contribution in [-0.2, 0) is 6.42 Å². The van der Waals surface area contributed by atoms with E-state index >= 15 is 0 Å². The number of nitrogens with one attached hydrogen (secondary N) is 1. The molecule has 1 saturated heterocycles. The summed E-state index contributed by atoms with van der Waals surface area (Å²) in [6.07, 6.45) is 2.41. The van der Waals surface area contributed by atoms with Crippen LogP contribution in [-0.4, -0.2) is 31.1 Å². The van der Waals surface area contributed by atoms with Gasteiger partial charge in [0, 0.05) is 19.1 Å². The van der Waals surface area contributed by atoms with Crippen LogP contribution in [0.3, 0.4) is 0 Å². The maximum atomic E-state index is 3.68. The van der Waals surface area contributed by atoms with Gasteiger partial charge in [-0.1, -0.05) is 30.3 Å². The van der Waals surface area contributed by atoms with Crippen molar-refractivity contribution in [3.8, 4) is 0 Å². The van der Waals surface area contributed by atoms with Crippen molar-refractivity contribution in [3.63, 3.8) is 0 Å². The first-order valence-electron chi connectivity index (χ1n) is 7.43. The number of hydrogen-bond acceptors (Lipinski definition) is 3. The van der Waals surface area contributed by atoms with Gasteiger partial charge >= 0.3 is 0 Å². The minimum absolute atomic E-state index is 0.473. The Balaban J connectivity index is 1.60. The molecule has 2 heterocycles. The maximum Gasteiger partial charge on any atom is 0.0449 e. The Morgan fingerprint density at radius 1 is 1.20 bits per heavy atom. The highest BCUT2D eigenvalue weighted by Gasteiger charge is 2.18. The molecule has 1 aromatic carbocycles. The fraction of sp³-hybridized carbons (Fsp3) is 0.412. The first-order valence-corrected chi connectivity index (χ1v) is 8.38. The molecule has 1 atom stereocenters. The molecular formula is C17H22N2S. The van der Waals surface area contributed by atoms with Gasteiger partial charge in [0.1, 0.15) is 0 Å². The number of thiophene rings is 1. The molecule has 0 amide bonds. The van der Waals surface area contributed by atoms with Crippen LogP contribution in [0.1, 0.15) is 23.6 Å². The molecule has 1 aliphatic rings. The van der Waals surface area contributed by atoms with Gasteiger partial charge in [-0.25, -0.2) is 0 Å². The average Bonchev–Trinajstić information content (AvgIpc) is 2.90. The van der Waals surface area contributed by atoms with E-state index in [2.05, 4.69) is 57.4 Å². The summed E-state index contributed by atoms with van der Waals surface area (Å²) in [5.74, 6) is 0. The van der Waals surface area contributed by atoms with Gasteiger partial charge in [-0.3, -0.25) is 0 Å². The van der Waals surface area contributed by atoms with Crippen LogP contribution < -0.4 is 5.32 Å². The van der Waals surface area contributed by atoms with Crippen LogP contribution in [0.2, 0.25) is 0 Å². The summed E-state index contributed by atoms with van der Waals surface area (Å²) < 4.78 is 0. The molecule has 1 unspecified atom stereocenters. The molecule has 1 aromatic heterocycles. The van der Waals surface area contributed by atoms with Gasteiger partial charge in [-0.05, 0) is 53.9 Å². The molecular weight excluding hydrogens is 264 g/mol. The Morgan fingerprint density at radius 2 is 2.10 bits per heavy atom. The van der Waals surface area contributed by atoms with Crippen molar-refractivity contribution in [1.82, 2.24) is 10.2 Å². The highest BCUT2D eigenvalue weighted by atomic mass is 32.1. The SMILES string of the molecule is c1ccc(C2CN(CCc3ccsc3)CCCN2)cc1. The minimum atomic E-state index is 0.473. The van der Waals surface area contributed by atoms with Crippen LogP contribution in [0, 0.1) is 0 Å². The summed E-state index contributed by atoms with van der Waals surface area (Å²) in [6, 6.07) is 13.6. The standard InChI is InChI=1S/C17H22N2S/c1-2-5-16(6-3-1)17-13-19(10-4-9-18-17)11-7-15-8-12-20-14-15/h1-3,5-6,8,12,14,17-18H,4,7,9-11,13H2. The molecule has 106 valence electrons. The molecule has 0 spiro atoms. The Labute approximate surface area is 125 Å². The predicted molar refractivity (Wildman–Crippen MR) is 86.3 cm³/mol. The Bertz CT molecular complexity index is 495. The quantitative estimate of drug-likeness (QED) is 0.927. The van der Waals surface area contributed by atoms with Crippen molar-refractivity contribution in [1.29, 1.82) is 0 Å². The van der Waals surface area contributed by atoms with Crippen molar-refractivity contribution >= 4 is 11.3 Å². The number of rotatable bonds is 4. The summed E-state index contributed by atoms with van der Waals surface area (Å²) in [5.41, 5.74) is 2.89. The van der Waals surface area contributed by atoms with Crippen LogP contribution in [0.4, 0.5) is 0 Å². The number of benzene rings is 1. The van der Waals surface area contributed by atoms with Crippen LogP contribution >= 0.6 is 11.3 Å². The van der Waals surface area contributed by atoms with E-state index in [1.165, 1.54) is 37.1 Å². The van der Waals surface area contributed by atoms with Gasteiger partial charge in [0.05, 0.1) is 0 Å². The molecule has 2 nitrogen and oxygen atoms in total. The van der Waals surface area contributed by atoms with Crippen molar-refractivity contribution in [2.45, 2.75) is 18.9 Å². The highest BCUT2D eigenvalue weighted by Crippen LogP contribution is 2.17. The zero-order valence-electron chi connectivity index (χ0n) is 11.8. The molecule has 2 aromatic rings. The lowest BCUT2D eigenvalue weighted by Gasteiger charge is -2.24. The number of nitrogens with zero attached hydrogens (tertiary/aromatic N) is 1. The second-order valence-corrected chi connectivity index (χ2v) is 6.23. The minimum Gasteiger partial charge on any atom is -0.309 e. The molecule has 0 aliphatic carbocycles. The van der Waals surface area contributed by atoms with E-state index in [4.69, 9.17) is 0 Å². The third-order valence-electron chi connectivity index (χ3n) is 3.98. The van der Waals surface area contributed by atoms with Crippen molar-refractivity contribution in [3.05, 3.63) is 58.3 Å². The smallest absolute Gasteiger partial charge is 0.0449 e. The lowest BCUT2D eigenvalue weighted by molar-refractivity contribution is 0.272. The first kappa shape index (κ1) is 13.8. The van der Waals surface area contributed by atoms with Crippen LogP contribution in [0.15, 0.2) is 47.2 Å². The number of hydrogen-bond donors (Lipinski definition) is 1. The van der Waals surface area contributed by atoms with Gasteiger partial charge in [0.15, 0.2) is 0 Å². The second kappa shape index (κ2) is 7.02. The topological polar surface area (TPSA) is 15.3 Å². The fourth-order valence-corrected chi connectivity index (χ4v) is 3.53. The van der Waals surface area contributed by atoms with E-state index < -0.39 is 0 Å². The average molecular weight is 286 g/mol. The van der Waals surface area contributed by atoms with E-state index in [0.29, 0.717) is 6.04 Å². The third kappa shape index (κ3) is 3.69. The Kier molecular flexibility index (Phi) is 4.85. The lowest BCUT2D eigenvalue weighted by Crippen LogP contribution is -2.32. The molecule has 1 aliphatic heterocycles. The van der Waals surface area contributed by atoms with E-state index in [-0.39, 0.29) is 0 Å². The van der Waals surface area contributed by atoms with Crippen molar-refractivity contribution in [2.75, 3.05) is 26.2 Å². The summed E-state index contributed by atoms with van der Waals surface area (Å²) in [7, 11) is 0. The molecule has 3 rings (SSSR count). The van der Waals surface area contributed by atoms with Gasteiger partial charge in [-0.15, -0.1) is 0 Å². The van der Waals surface area contributed by atoms with Crippen molar-refractivity contribution < 1.29 is 0 Å². The lowest BCUT2D eigenvalue weighted by atomic mass is 10.1. The summed E-state index contributed by atoms with van der Waals surface area (Å²) in [5, 5.41) is 8.12. The van der Waals surface area contributed by atoms with Gasteiger partial charge in [0.25, 0.3) is 0 Å². The molecule has 1 N–H and O–H groups in total. The summed E-state index contributed by atoms with van der Waals surface area (Å²) >= 11 is 1.80. The monoisotopic (exact) mass is 286 g/mol. The van der Waals surface area contributed by atoms with E-state index in [0.717, 1.165) is 13.1 Å². The zero-order valence-corrected chi connectivity index (χ0v) is 12.6. The van der Waals surface area contributed by atoms with Gasteiger partial charge < -0.3 is 10.2 Å². The largest absolute Gasteiger partial charge is 0.309 e. The Morgan fingerprint density at radius 3 is 2.90 bits per heavy atom.